The Morgan fingerprint density at radius 3 is 2.41 bits per heavy atom. The van der Waals surface area contributed by atoms with E-state index in [0.717, 1.165) is 38.5 Å². The summed E-state index contributed by atoms with van der Waals surface area (Å²) in [5.74, 6) is 0.0251. The van der Waals surface area contributed by atoms with Crippen molar-refractivity contribution in [2.75, 3.05) is 6.61 Å². The number of rotatable bonds is 4. The molecule has 2 fully saturated rings. The van der Waals surface area contributed by atoms with E-state index < -0.39 is 0 Å². The van der Waals surface area contributed by atoms with E-state index in [-0.39, 0.29) is 29.5 Å². The Morgan fingerprint density at radius 1 is 1.23 bits per heavy atom. The maximum atomic E-state index is 12.1. The lowest BCUT2D eigenvalue weighted by atomic mass is 9.82. The summed E-state index contributed by atoms with van der Waals surface area (Å²) in [6, 6.07) is 0.897. The van der Waals surface area contributed by atoms with Crippen LogP contribution in [0.15, 0.2) is 0 Å². The first-order valence-corrected chi connectivity index (χ1v) is 8.83. The molecule has 2 aliphatic carbocycles. The van der Waals surface area contributed by atoms with Gasteiger partial charge in [-0.1, -0.05) is 13.3 Å². The van der Waals surface area contributed by atoms with Crippen molar-refractivity contribution < 1.29 is 14.6 Å². The van der Waals surface area contributed by atoms with Crippen molar-refractivity contribution in [1.82, 2.24) is 5.32 Å². The fourth-order valence-electron chi connectivity index (χ4n) is 3.87. The number of hydrogen-bond acceptors (Lipinski definition) is 4. The first kappa shape index (κ1) is 17.7. The van der Waals surface area contributed by atoms with Gasteiger partial charge in [0.25, 0.3) is 0 Å². The van der Waals surface area contributed by atoms with Crippen LogP contribution < -0.4 is 5.32 Å². The Bertz CT molecular complexity index is 382. The average Bonchev–Trinajstić information content (AvgIpc) is 2.80. The first-order valence-electron chi connectivity index (χ1n) is 8.83. The topological polar surface area (TPSA) is 58.6 Å². The van der Waals surface area contributed by atoms with Gasteiger partial charge in [-0.3, -0.25) is 4.79 Å². The molecule has 0 amide bonds. The summed E-state index contributed by atoms with van der Waals surface area (Å²) in [7, 11) is 0. The summed E-state index contributed by atoms with van der Waals surface area (Å²) >= 11 is 0. The second-order valence-electron chi connectivity index (χ2n) is 8.51. The number of ether oxygens (including phenoxy) is 1. The van der Waals surface area contributed by atoms with Gasteiger partial charge in [-0.25, -0.2) is 0 Å². The molecule has 2 rings (SSSR count). The van der Waals surface area contributed by atoms with E-state index >= 15 is 0 Å². The van der Waals surface area contributed by atoms with E-state index in [0.29, 0.717) is 12.1 Å². The van der Waals surface area contributed by atoms with Crippen LogP contribution in [-0.2, 0) is 9.53 Å². The van der Waals surface area contributed by atoms with Gasteiger partial charge in [-0.15, -0.1) is 0 Å². The molecule has 0 spiro atoms. The predicted molar refractivity (Wildman–Crippen MR) is 87.6 cm³/mol. The summed E-state index contributed by atoms with van der Waals surface area (Å²) in [6.07, 6.45) is 7.34. The third-order valence-electron chi connectivity index (χ3n) is 5.35. The molecule has 2 aliphatic rings. The fourth-order valence-corrected chi connectivity index (χ4v) is 3.87. The molecule has 0 aromatic carbocycles. The molecular formula is C18H33NO3. The number of esters is 1. The number of hydrogen-bond donors (Lipinski definition) is 2. The average molecular weight is 311 g/mol. The molecule has 2 unspecified atom stereocenters. The van der Waals surface area contributed by atoms with Crippen LogP contribution in [0.25, 0.3) is 0 Å². The molecule has 2 N–H and O–H groups in total. The predicted octanol–water partition coefficient (Wildman–Crippen LogP) is 3.03. The maximum absolute atomic E-state index is 12.1. The lowest BCUT2D eigenvalue weighted by Gasteiger charge is -2.36. The minimum atomic E-state index is -0.390. The Labute approximate surface area is 135 Å². The lowest BCUT2D eigenvalue weighted by Crippen LogP contribution is -2.48. The summed E-state index contributed by atoms with van der Waals surface area (Å²) < 4.78 is 5.50. The summed E-state index contributed by atoms with van der Waals surface area (Å²) in [5.41, 5.74) is -0.360. The van der Waals surface area contributed by atoms with Gasteiger partial charge >= 0.3 is 5.97 Å². The van der Waals surface area contributed by atoms with Gasteiger partial charge in [-0.2, -0.15) is 0 Å². The highest BCUT2D eigenvalue weighted by Gasteiger charge is 2.40. The molecule has 0 aromatic heterocycles. The first-order chi connectivity index (χ1) is 10.2. The molecule has 22 heavy (non-hydrogen) atoms. The zero-order valence-corrected chi connectivity index (χ0v) is 14.7. The lowest BCUT2D eigenvalue weighted by molar-refractivity contribution is -0.161. The molecule has 0 bridgehead atoms. The van der Waals surface area contributed by atoms with Crippen LogP contribution in [0.3, 0.4) is 0 Å². The fraction of sp³-hybridized carbons (Fsp3) is 0.944. The molecule has 2 atom stereocenters. The van der Waals surface area contributed by atoms with E-state index in [1.54, 1.807) is 0 Å². The highest BCUT2D eigenvalue weighted by Crippen LogP contribution is 2.38. The minimum absolute atomic E-state index is 0.0298. The third-order valence-corrected chi connectivity index (χ3v) is 5.35. The molecule has 0 aliphatic heterocycles. The van der Waals surface area contributed by atoms with Crippen molar-refractivity contribution in [2.45, 2.75) is 90.3 Å². The van der Waals surface area contributed by atoms with Crippen molar-refractivity contribution in [3.8, 4) is 0 Å². The highest BCUT2D eigenvalue weighted by molar-refractivity contribution is 5.73. The summed E-state index contributed by atoms with van der Waals surface area (Å²) in [6.45, 7) is 8.22. The van der Waals surface area contributed by atoms with E-state index in [2.05, 4.69) is 12.2 Å². The van der Waals surface area contributed by atoms with E-state index in [1.165, 1.54) is 6.42 Å². The molecule has 4 nitrogen and oxygen atoms in total. The summed E-state index contributed by atoms with van der Waals surface area (Å²) in [5, 5.41) is 13.4. The van der Waals surface area contributed by atoms with Crippen molar-refractivity contribution in [3.63, 3.8) is 0 Å². The van der Waals surface area contributed by atoms with Crippen LogP contribution in [0, 0.1) is 11.3 Å². The molecular weight excluding hydrogens is 278 g/mol. The minimum Gasteiger partial charge on any atom is -0.460 e. The number of aliphatic hydroxyl groups excluding tert-OH is 1. The van der Waals surface area contributed by atoms with Crippen LogP contribution in [0.4, 0.5) is 0 Å². The molecule has 4 heteroatoms. The van der Waals surface area contributed by atoms with E-state index in [1.807, 2.05) is 20.8 Å². The highest BCUT2D eigenvalue weighted by atomic mass is 16.6. The van der Waals surface area contributed by atoms with E-state index in [9.17, 15) is 9.90 Å². The van der Waals surface area contributed by atoms with Crippen LogP contribution in [0.5, 0.6) is 0 Å². The van der Waals surface area contributed by atoms with Crippen molar-refractivity contribution in [2.24, 2.45) is 11.3 Å². The normalized spacial score (nSPS) is 36.3. The monoisotopic (exact) mass is 311 g/mol. The van der Waals surface area contributed by atoms with Gasteiger partial charge in [0.05, 0.1) is 5.92 Å². The Hall–Kier alpha value is -0.610. The van der Waals surface area contributed by atoms with E-state index in [4.69, 9.17) is 4.74 Å². The molecule has 0 saturated heterocycles. The van der Waals surface area contributed by atoms with Crippen molar-refractivity contribution in [1.29, 1.82) is 0 Å². The molecule has 0 aromatic rings. The van der Waals surface area contributed by atoms with Gasteiger partial charge in [0.1, 0.15) is 5.60 Å². The Morgan fingerprint density at radius 2 is 1.86 bits per heavy atom. The second-order valence-corrected chi connectivity index (χ2v) is 8.51. The maximum Gasteiger partial charge on any atom is 0.309 e. The smallest absolute Gasteiger partial charge is 0.309 e. The van der Waals surface area contributed by atoms with Gasteiger partial charge < -0.3 is 15.2 Å². The van der Waals surface area contributed by atoms with Crippen molar-refractivity contribution >= 4 is 5.97 Å². The second kappa shape index (κ2) is 6.88. The zero-order valence-electron chi connectivity index (χ0n) is 14.7. The summed E-state index contributed by atoms with van der Waals surface area (Å²) in [4.78, 5) is 12.1. The van der Waals surface area contributed by atoms with Crippen LogP contribution in [-0.4, -0.2) is 35.4 Å². The SMILES string of the molecule is CC(C)(C)OC(=O)C1CCC(NC2CCCC2(C)CO)CC1. The van der Waals surface area contributed by atoms with Gasteiger partial charge in [0.2, 0.25) is 0 Å². The Kier molecular flexibility index (Phi) is 5.54. The van der Waals surface area contributed by atoms with Gasteiger partial charge in [0, 0.05) is 24.1 Å². The van der Waals surface area contributed by atoms with Crippen LogP contribution in [0.2, 0.25) is 0 Å². The molecule has 0 heterocycles. The standard InChI is InChI=1S/C18H33NO3/c1-17(2,3)22-16(21)13-7-9-14(10-8-13)19-15-6-5-11-18(15,4)12-20/h13-15,19-20H,5-12H2,1-4H3. The number of carbonyl (C=O) groups excluding carboxylic acids is 1. The molecule has 128 valence electrons. The van der Waals surface area contributed by atoms with Crippen molar-refractivity contribution in [3.05, 3.63) is 0 Å². The van der Waals surface area contributed by atoms with Crippen LogP contribution in [0.1, 0.15) is 72.6 Å². The Balaban J connectivity index is 1.79. The number of aliphatic hydroxyl groups is 1. The number of carbonyl (C=O) groups is 1. The van der Waals surface area contributed by atoms with Gasteiger partial charge in [0.15, 0.2) is 0 Å². The largest absolute Gasteiger partial charge is 0.460 e. The number of nitrogens with one attached hydrogen (secondary N) is 1. The molecule has 2 saturated carbocycles. The van der Waals surface area contributed by atoms with Crippen LogP contribution >= 0.6 is 0 Å². The van der Waals surface area contributed by atoms with Gasteiger partial charge in [-0.05, 0) is 59.3 Å². The third kappa shape index (κ3) is 4.45. The quantitative estimate of drug-likeness (QED) is 0.784. The zero-order chi connectivity index (χ0) is 16.4. The molecule has 0 radical (unpaired) electrons.